The number of carbonyl (C=O) groups excluding carboxylic acids is 18. The Bertz CT molecular complexity index is 2620. The van der Waals surface area contributed by atoms with Crippen LogP contribution < -0.4 is 69.1 Å². The van der Waals surface area contributed by atoms with Gasteiger partial charge in [-0.25, -0.2) is 0 Å². The van der Waals surface area contributed by atoms with Crippen molar-refractivity contribution in [2.45, 2.75) is 271 Å². The number of amides is 14. The third kappa shape index (κ3) is 82.9. The fourth-order valence-corrected chi connectivity index (χ4v) is 11.4. The molecule has 0 bridgehead atoms. The Balaban J connectivity index is -0.000000541. The number of Topliss-reactive ketones (excluding diaryl/α,β-unsaturated/α-hetero) is 4. The van der Waals surface area contributed by atoms with Crippen molar-refractivity contribution in [3.63, 3.8) is 0 Å². The summed E-state index contributed by atoms with van der Waals surface area (Å²) in [5, 5.41) is 34.7. The van der Waals surface area contributed by atoms with Crippen LogP contribution in [0.3, 0.4) is 0 Å². The average molecular weight is 1850 g/mol. The number of ketones is 4. The number of rotatable bonds is 73. The quantitative estimate of drug-likeness (QED) is 0.0384. The van der Waals surface area contributed by atoms with Crippen LogP contribution in [0.15, 0.2) is 0 Å². The van der Waals surface area contributed by atoms with Crippen LogP contribution in [0, 0.1) is 0 Å². The van der Waals surface area contributed by atoms with E-state index in [1.807, 2.05) is 6.92 Å². The molecule has 0 atom stereocenters. The van der Waals surface area contributed by atoms with Gasteiger partial charge in [-0.05, 0) is 109 Å². The maximum Gasteiger partial charge on any atom is 0.234 e. The van der Waals surface area contributed by atoms with Crippen LogP contribution in [0.1, 0.15) is 271 Å². The summed E-state index contributed by atoms with van der Waals surface area (Å²) in [6.07, 6.45) is 26.2. The zero-order chi connectivity index (χ0) is 87.2. The van der Waals surface area contributed by atoms with E-state index in [9.17, 15) is 86.3 Å². The van der Waals surface area contributed by atoms with E-state index in [4.69, 9.17) is 5.73 Å². The van der Waals surface area contributed by atoms with Crippen molar-refractivity contribution < 1.29 is 107 Å². The van der Waals surface area contributed by atoms with Crippen LogP contribution in [0.4, 0.5) is 0 Å². The molecule has 0 aliphatic carbocycles. The van der Waals surface area contributed by atoms with Gasteiger partial charge in [-0.1, -0.05) is 85.0 Å². The first-order chi connectivity index (χ1) is 55.6. The summed E-state index contributed by atoms with van der Waals surface area (Å²) >= 11 is 0. The summed E-state index contributed by atoms with van der Waals surface area (Å²) in [5.41, 5.74) is 6.87. The van der Waals surface area contributed by atoms with E-state index in [2.05, 4.69) is 69.1 Å². The molecule has 0 aromatic carbocycles. The van der Waals surface area contributed by atoms with Gasteiger partial charge in [0, 0.05) is 193 Å². The summed E-state index contributed by atoms with van der Waals surface area (Å²) in [5.74, 6) is -2.46. The second-order valence-corrected chi connectivity index (χ2v) is 28.7. The van der Waals surface area contributed by atoms with E-state index in [1.165, 1.54) is 19.0 Å². The third-order valence-electron chi connectivity index (χ3n) is 18.3. The van der Waals surface area contributed by atoms with Crippen molar-refractivity contribution in [3.8, 4) is 0 Å². The molecule has 0 spiro atoms. The summed E-state index contributed by atoms with van der Waals surface area (Å²) < 4.78 is 0. The molecule has 0 aromatic rings. The molecule has 0 fully saturated rings. The Morgan fingerprint density at radius 2 is 0.364 bits per heavy atom. The van der Waals surface area contributed by atoms with Crippen LogP contribution in [-0.2, 0) is 107 Å². The summed E-state index contributed by atoms with van der Waals surface area (Å²) in [6.45, 7) is 3.87. The van der Waals surface area contributed by atoms with E-state index in [0.29, 0.717) is 135 Å². The number of nitrogens with one attached hydrogen (secondary N) is 14. The second-order valence-electron chi connectivity index (χ2n) is 28.7. The SMILES string of the molecule is C.CCC(=O)CCCCCCCC(=O)CN(CC(=O)NCCCCCCC(=O)NC)CC(=O)NCCCCCCC(=O)NC.CNC(=O)CCCCCCC(=O)CN(CC(=O)NCCCCCC(=O)NC)CC(=O)NCCCCCC(=O)NC.CNC(=O)CCCNC(=O)CN(CC(=O)CCCCC([NH-])=O)CC(=O)NCCCC(=O)NC.[W]. The molecule has 0 radical (unpaired) electrons. The van der Waals surface area contributed by atoms with Gasteiger partial charge in [0.2, 0.25) is 76.8 Å². The zero-order valence-electron chi connectivity index (χ0n) is 72.0. The molecule has 0 rings (SSSR count). The maximum atomic E-state index is 12.7. The zero-order valence-corrected chi connectivity index (χ0v) is 74.9. The van der Waals surface area contributed by atoms with E-state index in [-0.39, 0.29) is 207 Å². The fraction of sp³-hybridized carbons (Fsp3) is 0.780. The molecular formula is C82H152N17O18W-. The number of nitrogens with zero attached hydrogens (tertiary/aromatic N) is 3. The summed E-state index contributed by atoms with van der Waals surface area (Å²) in [7, 11) is 11.1. The topological polar surface area (TPSA) is 497 Å². The first kappa shape index (κ1) is 118. The van der Waals surface area contributed by atoms with Crippen LogP contribution >= 0.6 is 0 Å². The van der Waals surface area contributed by atoms with Crippen molar-refractivity contribution in [1.82, 2.24) is 83.8 Å². The third-order valence-corrected chi connectivity index (χ3v) is 18.3. The number of carbonyl (C=O) groups is 18. The average Bonchev–Trinajstić information content (AvgIpc) is 0.932. The maximum absolute atomic E-state index is 12.7. The Morgan fingerprint density at radius 1 is 0.203 bits per heavy atom. The minimum Gasteiger partial charge on any atom is -0.668 e. The minimum atomic E-state index is -0.676. The molecular weight excluding hydrogens is 1690 g/mol. The van der Waals surface area contributed by atoms with E-state index in [0.717, 1.165) is 141 Å². The molecule has 36 heteroatoms. The first-order valence-electron chi connectivity index (χ1n) is 42.1. The van der Waals surface area contributed by atoms with Gasteiger partial charge >= 0.3 is 0 Å². The monoisotopic (exact) mass is 1850 g/mol. The van der Waals surface area contributed by atoms with Gasteiger partial charge in [0.05, 0.1) is 58.9 Å². The van der Waals surface area contributed by atoms with Crippen molar-refractivity contribution in [1.29, 1.82) is 0 Å². The number of unbranched alkanes of at least 4 members (excludes halogenated alkanes) is 18. The molecule has 14 N–H and O–H groups in total. The molecule has 14 amide bonds. The predicted molar refractivity (Wildman–Crippen MR) is 452 cm³/mol. The molecule has 0 unspecified atom stereocenters. The summed E-state index contributed by atoms with van der Waals surface area (Å²) in [6, 6.07) is 0. The first-order valence-corrected chi connectivity index (χ1v) is 42.1. The van der Waals surface area contributed by atoms with Crippen molar-refractivity contribution >= 4 is 106 Å². The molecule has 35 nitrogen and oxygen atoms in total. The van der Waals surface area contributed by atoms with Gasteiger partial charge in [0.1, 0.15) is 23.1 Å². The smallest absolute Gasteiger partial charge is 0.234 e. The Labute approximate surface area is 717 Å². The van der Waals surface area contributed by atoms with Gasteiger partial charge in [-0.2, -0.15) is 0 Å². The van der Waals surface area contributed by atoms with Gasteiger partial charge in [0.25, 0.3) is 0 Å². The van der Waals surface area contributed by atoms with Crippen molar-refractivity contribution in [2.24, 2.45) is 0 Å². The molecule has 0 aliphatic heterocycles. The largest absolute Gasteiger partial charge is 0.668 e. The van der Waals surface area contributed by atoms with E-state index in [1.54, 1.807) is 45.0 Å². The second kappa shape index (κ2) is 83.9. The van der Waals surface area contributed by atoms with Crippen LogP contribution in [0.25, 0.3) is 5.73 Å². The van der Waals surface area contributed by atoms with Gasteiger partial charge in [0.15, 0.2) is 0 Å². The van der Waals surface area contributed by atoms with E-state index < -0.39 is 5.91 Å². The molecule has 0 heterocycles. The molecule has 118 heavy (non-hydrogen) atoms. The van der Waals surface area contributed by atoms with Crippen molar-refractivity contribution in [2.75, 3.05) is 148 Å². The Kier molecular flexibility index (Phi) is 84.1. The molecule has 0 aliphatic rings. The molecule has 0 aromatic heterocycles. The van der Waals surface area contributed by atoms with Crippen molar-refractivity contribution in [3.05, 3.63) is 5.73 Å². The minimum absolute atomic E-state index is 0. The number of hydrogen-bond donors (Lipinski definition) is 13. The van der Waals surface area contributed by atoms with Gasteiger partial charge in [-0.3, -0.25) is 96.2 Å². The Morgan fingerprint density at radius 3 is 0.576 bits per heavy atom. The van der Waals surface area contributed by atoms with Gasteiger partial charge in [-0.15, -0.1) is 0 Å². The molecule has 0 saturated carbocycles. The van der Waals surface area contributed by atoms with Gasteiger partial charge < -0.3 is 79.6 Å². The Hall–Kier alpha value is -8.17. The van der Waals surface area contributed by atoms with Crippen LogP contribution in [-0.4, -0.2) is 268 Å². The van der Waals surface area contributed by atoms with Crippen LogP contribution in [0.5, 0.6) is 0 Å². The summed E-state index contributed by atoms with van der Waals surface area (Å²) in [4.78, 5) is 218. The molecule has 680 valence electrons. The molecule has 0 saturated heterocycles. The normalized spacial score (nSPS) is 10.4. The predicted octanol–water partition coefficient (Wildman–Crippen LogP) is 3.90. The number of hydrogen-bond acceptors (Lipinski definition) is 21. The van der Waals surface area contributed by atoms with Crippen LogP contribution in [0.2, 0.25) is 0 Å². The fourth-order valence-electron chi connectivity index (χ4n) is 11.4. The van der Waals surface area contributed by atoms with E-state index >= 15 is 0 Å². The standard InChI is InChI=1S/C32H59N5O6.C28H52N6O6.C21H38N6O6.CH4.W/c1-4-27(38)18-12-6-5-7-13-19-28(39)24-37(25-31(42)35-22-16-10-8-14-20-29(40)33-2)26-32(43)36-23-17-11-9-15-21-30(41)34-3;1-29-24(36)15-9-5-4-8-14-23(35)20-34(21-27(39)32-18-12-6-10-16-25(37)30-2)22-28(40)33-19-13-7-11-17-26(38)31-3;1-23-18(30)9-5-11-25-20(32)14-27(13-16(28)7-3-4-8-17(22)29)15-21(33)26-12-6-10-19(31)24-2;;/h4-26H2,1-3H3,(H,33,40)(H,34,41)(H,35,42)(H,36,43);4-22H2,1-3H3,(H,29,36)(H,30,37)(H,31,38)(H,32,39)(H,33,40);3-15H2,1-2H3,(H6,22,23,24,25,26,29,30,31,32,33);1H4;/p-1.